The smallest absolute Gasteiger partial charge is 0.243 e. The molecule has 2 aromatic rings. The van der Waals surface area contributed by atoms with Crippen LogP contribution in [0.3, 0.4) is 0 Å². The van der Waals surface area contributed by atoms with Gasteiger partial charge >= 0.3 is 0 Å². The highest BCUT2D eigenvalue weighted by molar-refractivity contribution is 7.89. The second kappa shape index (κ2) is 7.71. The zero-order valence-corrected chi connectivity index (χ0v) is 18.8. The molecule has 0 radical (unpaired) electrons. The lowest BCUT2D eigenvalue weighted by molar-refractivity contribution is -0.117. The Hall–Kier alpha value is -2.38. The molecule has 0 aliphatic carbocycles. The number of nitrogens with one attached hydrogen (secondary N) is 1. The summed E-state index contributed by atoms with van der Waals surface area (Å²) in [5.41, 5.74) is 5.08. The molecule has 2 aromatic carbocycles. The molecule has 0 spiro atoms. The number of rotatable bonds is 4. The first kappa shape index (κ1) is 20.9. The highest BCUT2D eigenvalue weighted by atomic mass is 32.2. The Balaban J connectivity index is 1.55. The van der Waals surface area contributed by atoms with Gasteiger partial charge < -0.3 is 10.2 Å². The van der Waals surface area contributed by atoms with E-state index in [4.69, 9.17) is 0 Å². The van der Waals surface area contributed by atoms with Crippen molar-refractivity contribution in [1.82, 2.24) is 4.31 Å². The van der Waals surface area contributed by atoms with Crippen LogP contribution in [0.2, 0.25) is 0 Å². The molecule has 0 unspecified atom stereocenters. The Kier molecular flexibility index (Phi) is 5.36. The second-order valence-electron chi connectivity index (χ2n) is 8.64. The first-order valence-corrected chi connectivity index (χ1v) is 11.9. The quantitative estimate of drug-likeness (QED) is 0.811. The van der Waals surface area contributed by atoms with Crippen LogP contribution in [0.4, 0.5) is 11.4 Å². The SMILES string of the molecule is Cc1ccc(C)c(N2CCN(S(=O)(=O)c3ccc4c(c3)[C@H](C(C)C)C(=O)N4)CC2)c1. The standard InChI is InChI=1S/C23H29N3O3S/c1-15(2)22-19-14-18(7-8-20(19)24-23(22)27)30(28,29)26-11-9-25(10-12-26)21-13-16(3)5-6-17(21)4/h5-8,13-15,22H,9-12H2,1-4H3,(H,24,27)/t22-/m0/s1. The number of carbonyl (C=O) groups is 1. The van der Waals surface area contributed by atoms with Gasteiger partial charge in [-0.15, -0.1) is 0 Å². The summed E-state index contributed by atoms with van der Waals surface area (Å²) in [5, 5.41) is 2.87. The van der Waals surface area contributed by atoms with Crippen molar-refractivity contribution in [3.05, 3.63) is 53.1 Å². The van der Waals surface area contributed by atoms with Crippen LogP contribution in [-0.4, -0.2) is 44.8 Å². The first-order chi connectivity index (χ1) is 14.2. The van der Waals surface area contributed by atoms with Gasteiger partial charge in [0.1, 0.15) is 0 Å². The fourth-order valence-corrected chi connectivity index (χ4v) is 5.92. The number of piperazine rings is 1. The van der Waals surface area contributed by atoms with Crippen molar-refractivity contribution in [2.75, 3.05) is 36.4 Å². The van der Waals surface area contributed by atoms with Crippen LogP contribution in [-0.2, 0) is 14.8 Å². The van der Waals surface area contributed by atoms with Gasteiger partial charge in [-0.2, -0.15) is 4.31 Å². The van der Waals surface area contributed by atoms with Crippen molar-refractivity contribution < 1.29 is 13.2 Å². The molecule has 2 aliphatic heterocycles. The minimum atomic E-state index is -3.61. The zero-order valence-electron chi connectivity index (χ0n) is 18.0. The Bertz CT molecular complexity index is 1090. The molecule has 30 heavy (non-hydrogen) atoms. The van der Waals surface area contributed by atoms with Gasteiger partial charge in [0.05, 0.1) is 10.8 Å². The molecule has 0 saturated carbocycles. The van der Waals surface area contributed by atoms with Crippen molar-refractivity contribution in [3.63, 3.8) is 0 Å². The third-order valence-electron chi connectivity index (χ3n) is 6.15. The Morgan fingerprint density at radius 2 is 1.70 bits per heavy atom. The van der Waals surface area contributed by atoms with E-state index in [0.29, 0.717) is 26.2 Å². The number of hydrogen-bond donors (Lipinski definition) is 1. The summed E-state index contributed by atoms with van der Waals surface area (Å²) in [6, 6.07) is 11.4. The third kappa shape index (κ3) is 3.61. The van der Waals surface area contributed by atoms with E-state index < -0.39 is 10.0 Å². The number of amides is 1. The van der Waals surface area contributed by atoms with Crippen molar-refractivity contribution in [1.29, 1.82) is 0 Å². The van der Waals surface area contributed by atoms with E-state index in [1.807, 2.05) is 13.8 Å². The average Bonchev–Trinajstić information content (AvgIpc) is 3.05. The molecule has 1 atom stereocenters. The molecule has 2 heterocycles. The highest BCUT2D eigenvalue weighted by Gasteiger charge is 2.35. The van der Waals surface area contributed by atoms with Gasteiger partial charge in [0, 0.05) is 37.6 Å². The molecule has 1 N–H and O–H groups in total. The monoisotopic (exact) mass is 427 g/mol. The average molecular weight is 428 g/mol. The number of hydrogen-bond acceptors (Lipinski definition) is 4. The number of carbonyl (C=O) groups excluding carboxylic acids is 1. The van der Waals surface area contributed by atoms with E-state index in [1.54, 1.807) is 22.5 Å². The number of fused-ring (bicyclic) bond motifs is 1. The van der Waals surface area contributed by atoms with Crippen molar-refractivity contribution in [2.45, 2.75) is 38.5 Å². The van der Waals surface area contributed by atoms with Crippen LogP contribution in [0.5, 0.6) is 0 Å². The van der Waals surface area contributed by atoms with Crippen molar-refractivity contribution in [3.8, 4) is 0 Å². The summed E-state index contributed by atoms with van der Waals surface area (Å²) in [7, 11) is -3.61. The van der Waals surface area contributed by atoms with E-state index in [-0.39, 0.29) is 22.6 Å². The normalized spacial score (nSPS) is 19.8. The van der Waals surface area contributed by atoms with Crippen LogP contribution in [0, 0.1) is 19.8 Å². The predicted octanol–water partition coefficient (Wildman–Crippen LogP) is 3.51. The number of aryl methyl sites for hydroxylation is 2. The molecule has 1 fully saturated rings. The Morgan fingerprint density at radius 3 is 2.37 bits per heavy atom. The largest absolute Gasteiger partial charge is 0.369 e. The lowest BCUT2D eigenvalue weighted by Gasteiger charge is -2.36. The summed E-state index contributed by atoms with van der Waals surface area (Å²) in [4.78, 5) is 14.8. The fraction of sp³-hybridized carbons (Fsp3) is 0.435. The van der Waals surface area contributed by atoms with Gasteiger partial charge in [0.15, 0.2) is 0 Å². The van der Waals surface area contributed by atoms with Gasteiger partial charge in [-0.25, -0.2) is 8.42 Å². The molecule has 1 saturated heterocycles. The molecule has 1 amide bonds. The van der Waals surface area contributed by atoms with E-state index in [0.717, 1.165) is 11.3 Å². The van der Waals surface area contributed by atoms with Crippen LogP contribution >= 0.6 is 0 Å². The number of sulfonamides is 1. The van der Waals surface area contributed by atoms with Crippen LogP contribution < -0.4 is 10.2 Å². The lowest BCUT2D eigenvalue weighted by Crippen LogP contribution is -2.48. The molecular formula is C23H29N3O3S. The molecule has 4 rings (SSSR count). The molecule has 160 valence electrons. The van der Waals surface area contributed by atoms with Crippen LogP contribution in [0.25, 0.3) is 0 Å². The topological polar surface area (TPSA) is 69.7 Å². The van der Waals surface area contributed by atoms with Gasteiger partial charge in [-0.05, 0) is 60.7 Å². The fourth-order valence-electron chi connectivity index (χ4n) is 4.46. The minimum Gasteiger partial charge on any atom is -0.369 e. The molecule has 7 heteroatoms. The van der Waals surface area contributed by atoms with E-state index >= 15 is 0 Å². The van der Waals surface area contributed by atoms with Crippen LogP contribution in [0.1, 0.15) is 36.5 Å². The van der Waals surface area contributed by atoms with Crippen LogP contribution in [0.15, 0.2) is 41.3 Å². The summed E-state index contributed by atoms with van der Waals surface area (Å²) in [6.07, 6.45) is 0. The van der Waals surface area contributed by atoms with Gasteiger partial charge in [-0.1, -0.05) is 26.0 Å². The molecular weight excluding hydrogens is 398 g/mol. The van der Waals surface area contributed by atoms with Crippen molar-refractivity contribution in [2.24, 2.45) is 5.92 Å². The lowest BCUT2D eigenvalue weighted by atomic mass is 9.90. The molecule has 0 aromatic heterocycles. The molecule has 6 nitrogen and oxygen atoms in total. The van der Waals surface area contributed by atoms with Gasteiger partial charge in [0.2, 0.25) is 15.9 Å². The Morgan fingerprint density at radius 1 is 1.00 bits per heavy atom. The van der Waals surface area contributed by atoms with Gasteiger partial charge in [-0.3, -0.25) is 4.79 Å². The number of nitrogens with zero attached hydrogens (tertiary/aromatic N) is 2. The van der Waals surface area contributed by atoms with E-state index in [2.05, 4.69) is 42.3 Å². The van der Waals surface area contributed by atoms with E-state index in [1.165, 1.54) is 16.8 Å². The molecule has 0 bridgehead atoms. The second-order valence-corrected chi connectivity index (χ2v) is 10.6. The summed E-state index contributed by atoms with van der Waals surface area (Å²) in [5.74, 6) is -0.265. The van der Waals surface area contributed by atoms with Crippen molar-refractivity contribution >= 4 is 27.3 Å². The van der Waals surface area contributed by atoms with Gasteiger partial charge in [0.25, 0.3) is 0 Å². The zero-order chi connectivity index (χ0) is 21.6. The summed E-state index contributed by atoms with van der Waals surface area (Å²) >= 11 is 0. The maximum Gasteiger partial charge on any atom is 0.243 e. The number of anilines is 2. The third-order valence-corrected chi connectivity index (χ3v) is 8.04. The molecule has 2 aliphatic rings. The highest BCUT2D eigenvalue weighted by Crippen LogP contribution is 2.39. The number of benzene rings is 2. The summed E-state index contributed by atoms with van der Waals surface area (Å²) < 4.78 is 28.2. The predicted molar refractivity (Wildman–Crippen MR) is 120 cm³/mol. The Labute approximate surface area is 178 Å². The minimum absolute atomic E-state index is 0.0586. The van der Waals surface area contributed by atoms with E-state index in [9.17, 15) is 13.2 Å². The maximum atomic E-state index is 13.3. The maximum absolute atomic E-state index is 13.3. The summed E-state index contributed by atoms with van der Waals surface area (Å²) in [6.45, 7) is 10.3. The first-order valence-electron chi connectivity index (χ1n) is 10.5.